The second kappa shape index (κ2) is 13.0. The van der Waals surface area contributed by atoms with Crippen LogP contribution in [0.4, 0.5) is 11.4 Å². The van der Waals surface area contributed by atoms with Crippen molar-refractivity contribution < 1.29 is 43.2 Å². The second-order valence-electron chi connectivity index (χ2n) is 11.9. The number of fused-ring (bicyclic) bond motifs is 2. The number of anilines is 2. The van der Waals surface area contributed by atoms with Crippen LogP contribution in [0.2, 0.25) is 5.02 Å². The summed E-state index contributed by atoms with van der Waals surface area (Å²) in [6.45, 7) is 5.21. The fourth-order valence-corrected chi connectivity index (χ4v) is 5.77. The minimum Gasteiger partial charge on any atom is -0.493 e. The number of carboxylic acids is 1. The number of furan rings is 1. The lowest BCUT2D eigenvalue weighted by Gasteiger charge is -2.32. The average molecular weight is 651 g/mol. The maximum Gasteiger partial charge on any atom is 0.372 e. The number of hydrogen-bond acceptors (Lipinski definition) is 8. The number of aliphatic hydroxyl groups excluding tert-OH is 1. The summed E-state index contributed by atoms with van der Waals surface area (Å²) in [5.74, 6) is -1.52. The quantitative estimate of drug-likeness (QED) is 0.189. The van der Waals surface area contributed by atoms with Gasteiger partial charge in [0, 0.05) is 57.0 Å². The fraction of sp³-hybridized carbons (Fsp3) is 0.324. The standard InChI is InChI=1S/C34H35ClN2O9/c1-18-22-14-20(10-12-25(22)45-29(18)33(41)42)36-28(39)15-27-32(40)37(16-34(2,3)17-38)24-11-9-19(35)13-23(24)30(46-27)21-7-6-8-26(43-4)31(21)44-5/h6-14,27,30,38H,15-17H2,1-5H3,(H,36,39)(H,41,42)/t27-,30-/m1/s1. The zero-order valence-electron chi connectivity index (χ0n) is 26.0. The van der Waals surface area contributed by atoms with Crippen molar-refractivity contribution in [1.82, 2.24) is 0 Å². The molecule has 0 spiro atoms. The minimum atomic E-state index is -1.26. The number of aryl methyl sites for hydroxylation is 1. The Balaban J connectivity index is 1.55. The molecule has 5 rings (SSSR count). The number of methoxy groups -OCH3 is 2. The van der Waals surface area contributed by atoms with E-state index in [1.807, 2.05) is 13.8 Å². The first-order valence-corrected chi connectivity index (χ1v) is 14.9. The number of hydrogen-bond donors (Lipinski definition) is 3. The summed E-state index contributed by atoms with van der Waals surface area (Å²) in [6, 6.07) is 15.2. The molecule has 3 N–H and O–H groups in total. The van der Waals surface area contributed by atoms with E-state index in [0.717, 1.165) is 0 Å². The van der Waals surface area contributed by atoms with Crippen LogP contribution < -0.4 is 19.7 Å². The van der Waals surface area contributed by atoms with Crippen LogP contribution >= 0.6 is 11.6 Å². The Labute approximate surface area is 270 Å². The molecule has 0 unspecified atom stereocenters. The van der Waals surface area contributed by atoms with Crippen molar-refractivity contribution in [2.24, 2.45) is 5.41 Å². The van der Waals surface area contributed by atoms with Gasteiger partial charge >= 0.3 is 5.97 Å². The largest absolute Gasteiger partial charge is 0.493 e. The number of benzene rings is 3. The number of nitrogens with zero attached hydrogens (tertiary/aromatic N) is 1. The SMILES string of the molecule is COc1cccc([C@H]2O[C@H](CC(=O)Nc3ccc4oc(C(=O)O)c(C)c4c3)C(=O)N(CC(C)(C)CO)c3ccc(Cl)cc32)c1OC. The predicted molar refractivity (Wildman–Crippen MR) is 172 cm³/mol. The van der Waals surface area contributed by atoms with Gasteiger partial charge in [0.05, 0.1) is 20.6 Å². The highest BCUT2D eigenvalue weighted by molar-refractivity contribution is 6.30. The molecule has 1 aliphatic rings. The van der Waals surface area contributed by atoms with Crippen LogP contribution in [-0.4, -0.2) is 61.5 Å². The lowest BCUT2D eigenvalue weighted by molar-refractivity contribution is -0.136. The van der Waals surface area contributed by atoms with Crippen LogP contribution in [0.25, 0.3) is 11.0 Å². The van der Waals surface area contributed by atoms with E-state index in [4.69, 9.17) is 30.2 Å². The zero-order valence-corrected chi connectivity index (χ0v) is 26.8. The molecule has 0 radical (unpaired) electrons. The lowest BCUT2D eigenvalue weighted by Crippen LogP contribution is -2.46. The molecular weight excluding hydrogens is 616 g/mol. The van der Waals surface area contributed by atoms with E-state index >= 15 is 0 Å². The van der Waals surface area contributed by atoms with E-state index in [0.29, 0.717) is 55.6 Å². The van der Waals surface area contributed by atoms with Crippen LogP contribution in [0.1, 0.15) is 53.6 Å². The Kier molecular flexibility index (Phi) is 9.29. The number of aliphatic hydroxyl groups is 1. The highest BCUT2D eigenvalue weighted by Crippen LogP contribution is 2.45. The molecule has 0 aliphatic carbocycles. The third-order valence-electron chi connectivity index (χ3n) is 7.92. The predicted octanol–water partition coefficient (Wildman–Crippen LogP) is 5.98. The van der Waals surface area contributed by atoms with Gasteiger partial charge in [-0.15, -0.1) is 0 Å². The number of carbonyl (C=O) groups is 3. The van der Waals surface area contributed by atoms with Crippen molar-refractivity contribution in [2.45, 2.75) is 39.4 Å². The molecule has 0 saturated carbocycles. The number of para-hydroxylation sites is 1. The number of ether oxygens (including phenoxy) is 3. The molecule has 1 aliphatic heterocycles. The fourth-order valence-electron chi connectivity index (χ4n) is 5.59. The minimum absolute atomic E-state index is 0.128. The molecule has 1 aromatic heterocycles. The summed E-state index contributed by atoms with van der Waals surface area (Å²) in [5.41, 5.74) is 2.13. The molecule has 12 heteroatoms. The number of carboxylic acid groups (broad SMARTS) is 1. The Morgan fingerprint density at radius 1 is 1.07 bits per heavy atom. The molecule has 0 fully saturated rings. The molecule has 3 aromatic carbocycles. The van der Waals surface area contributed by atoms with E-state index in [1.165, 1.54) is 19.1 Å². The Bertz CT molecular complexity index is 1820. The van der Waals surface area contributed by atoms with E-state index < -0.39 is 35.4 Å². The maximum atomic E-state index is 14.3. The van der Waals surface area contributed by atoms with Gasteiger partial charge in [0.15, 0.2) is 11.5 Å². The van der Waals surface area contributed by atoms with Crippen LogP contribution in [0.3, 0.4) is 0 Å². The second-order valence-corrected chi connectivity index (χ2v) is 12.3. The van der Waals surface area contributed by atoms with Crippen LogP contribution in [0.5, 0.6) is 11.5 Å². The highest BCUT2D eigenvalue weighted by Gasteiger charge is 2.40. The molecule has 0 saturated heterocycles. The number of rotatable bonds is 10. The molecule has 242 valence electrons. The number of nitrogens with one attached hydrogen (secondary N) is 1. The normalized spacial score (nSPS) is 16.6. The Morgan fingerprint density at radius 3 is 2.50 bits per heavy atom. The molecule has 46 heavy (non-hydrogen) atoms. The summed E-state index contributed by atoms with van der Waals surface area (Å²) in [6.07, 6.45) is -2.52. The smallest absolute Gasteiger partial charge is 0.372 e. The number of aromatic carboxylic acids is 1. The topological polar surface area (TPSA) is 148 Å². The summed E-state index contributed by atoms with van der Waals surface area (Å²) in [5, 5.41) is 23.3. The Hall–Kier alpha value is -4.58. The van der Waals surface area contributed by atoms with Gasteiger partial charge < -0.3 is 39.1 Å². The zero-order chi connectivity index (χ0) is 33.3. The highest BCUT2D eigenvalue weighted by atomic mass is 35.5. The van der Waals surface area contributed by atoms with Crippen LogP contribution in [0.15, 0.2) is 59.0 Å². The summed E-state index contributed by atoms with van der Waals surface area (Å²) in [4.78, 5) is 40.9. The van der Waals surface area contributed by atoms with E-state index in [1.54, 1.807) is 61.5 Å². The number of carbonyl (C=O) groups excluding carboxylic acids is 2. The molecule has 4 aromatic rings. The van der Waals surface area contributed by atoms with Gasteiger partial charge in [-0.05, 0) is 49.4 Å². The van der Waals surface area contributed by atoms with Crippen molar-refractivity contribution in [2.75, 3.05) is 37.6 Å². The van der Waals surface area contributed by atoms with E-state index in [2.05, 4.69) is 5.32 Å². The molecular formula is C34H35ClN2O9. The molecule has 2 atom stereocenters. The van der Waals surface area contributed by atoms with Gasteiger partial charge in [0.2, 0.25) is 11.7 Å². The molecule has 0 bridgehead atoms. The first kappa shape index (κ1) is 32.8. The first-order valence-electron chi connectivity index (χ1n) is 14.5. The maximum absolute atomic E-state index is 14.3. The third-order valence-corrected chi connectivity index (χ3v) is 8.15. The van der Waals surface area contributed by atoms with Gasteiger partial charge in [0.1, 0.15) is 17.8 Å². The summed E-state index contributed by atoms with van der Waals surface area (Å²) < 4.78 is 23.2. The van der Waals surface area contributed by atoms with Crippen LogP contribution in [0, 0.1) is 12.3 Å². The van der Waals surface area contributed by atoms with Crippen molar-refractivity contribution >= 4 is 51.7 Å². The van der Waals surface area contributed by atoms with Gasteiger partial charge in [-0.25, -0.2) is 4.79 Å². The van der Waals surface area contributed by atoms with Crippen molar-refractivity contribution in [3.63, 3.8) is 0 Å². The van der Waals surface area contributed by atoms with Gasteiger partial charge in [-0.2, -0.15) is 0 Å². The lowest BCUT2D eigenvalue weighted by atomic mass is 9.92. The van der Waals surface area contributed by atoms with Crippen LogP contribution in [-0.2, 0) is 14.3 Å². The number of halogens is 1. The molecule has 11 nitrogen and oxygen atoms in total. The molecule has 2 amide bonds. The number of amides is 2. The van der Waals surface area contributed by atoms with Gasteiger partial charge in [0.25, 0.3) is 5.91 Å². The average Bonchev–Trinajstić information content (AvgIpc) is 3.32. The first-order chi connectivity index (χ1) is 21.9. The summed E-state index contributed by atoms with van der Waals surface area (Å²) in [7, 11) is 3.02. The van der Waals surface area contributed by atoms with E-state index in [-0.39, 0.29) is 25.3 Å². The Morgan fingerprint density at radius 2 is 1.83 bits per heavy atom. The van der Waals surface area contributed by atoms with Gasteiger partial charge in [-0.1, -0.05) is 37.6 Å². The molecule has 2 heterocycles. The monoisotopic (exact) mass is 650 g/mol. The van der Waals surface area contributed by atoms with E-state index in [9.17, 15) is 24.6 Å². The van der Waals surface area contributed by atoms with Crippen molar-refractivity contribution in [1.29, 1.82) is 0 Å². The van der Waals surface area contributed by atoms with Gasteiger partial charge in [-0.3, -0.25) is 9.59 Å². The van der Waals surface area contributed by atoms with Crippen molar-refractivity contribution in [3.8, 4) is 11.5 Å². The van der Waals surface area contributed by atoms with Crippen molar-refractivity contribution in [3.05, 3.63) is 82.1 Å². The third kappa shape index (κ3) is 6.39. The summed E-state index contributed by atoms with van der Waals surface area (Å²) >= 11 is 6.48.